The summed E-state index contributed by atoms with van der Waals surface area (Å²) in [6.45, 7) is 10.3. The molecule has 0 aliphatic carbocycles. The summed E-state index contributed by atoms with van der Waals surface area (Å²) >= 11 is 0. The summed E-state index contributed by atoms with van der Waals surface area (Å²) in [5, 5.41) is 0. The Morgan fingerprint density at radius 2 is 1.95 bits per heavy atom. The maximum atomic E-state index is 12.2. The molecular weight excluding hydrogens is 250 g/mol. The van der Waals surface area contributed by atoms with Crippen LogP contribution in [-0.2, 0) is 0 Å². The molecule has 3 nitrogen and oxygen atoms in total. The highest BCUT2D eigenvalue weighted by Crippen LogP contribution is 2.22. The van der Waals surface area contributed by atoms with Crippen molar-refractivity contribution in [3.8, 4) is 5.75 Å². The molecule has 0 aliphatic heterocycles. The zero-order valence-electron chi connectivity index (χ0n) is 13.3. The van der Waals surface area contributed by atoms with E-state index in [2.05, 4.69) is 20.8 Å². The van der Waals surface area contributed by atoms with Crippen molar-refractivity contribution in [1.29, 1.82) is 0 Å². The summed E-state index contributed by atoms with van der Waals surface area (Å²) < 4.78 is 5.61. The number of carbonyl (C=O) groups excluding carboxylic acids is 1. The molecule has 0 spiro atoms. The van der Waals surface area contributed by atoms with Crippen LogP contribution in [0.2, 0.25) is 0 Å². The molecule has 20 heavy (non-hydrogen) atoms. The number of hydrogen-bond donors (Lipinski definition) is 1. The van der Waals surface area contributed by atoms with Gasteiger partial charge in [0.25, 0.3) is 0 Å². The molecule has 0 saturated carbocycles. The van der Waals surface area contributed by atoms with Crippen molar-refractivity contribution in [2.45, 2.75) is 59.6 Å². The molecule has 0 bridgehead atoms. The van der Waals surface area contributed by atoms with E-state index in [0.29, 0.717) is 12.0 Å². The largest absolute Gasteiger partial charge is 0.491 e. The molecule has 0 aliphatic rings. The second-order valence-corrected chi connectivity index (χ2v) is 6.85. The van der Waals surface area contributed by atoms with Crippen molar-refractivity contribution >= 4 is 5.78 Å². The van der Waals surface area contributed by atoms with Crippen molar-refractivity contribution in [3.63, 3.8) is 0 Å². The topological polar surface area (TPSA) is 52.3 Å². The predicted octanol–water partition coefficient (Wildman–Crippen LogP) is 3.81. The maximum Gasteiger partial charge on any atom is 0.164 e. The van der Waals surface area contributed by atoms with Crippen LogP contribution in [0.3, 0.4) is 0 Å². The molecule has 1 aromatic rings. The quantitative estimate of drug-likeness (QED) is 0.804. The summed E-state index contributed by atoms with van der Waals surface area (Å²) in [5.41, 5.74) is 6.88. The average Bonchev–Trinajstić information content (AvgIpc) is 2.25. The van der Waals surface area contributed by atoms with Crippen molar-refractivity contribution < 1.29 is 9.53 Å². The fourth-order valence-electron chi connectivity index (χ4n) is 2.23. The Balaban J connectivity index is 2.68. The van der Waals surface area contributed by atoms with Gasteiger partial charge in [0.05, 0.1) is 6.10 Å². The molecule has 0 saturated heterocycles. The van der Waals surface area contributed by atoms with Gasteiger partial charge in [-0.1, -0.05) is 32.9 Å². The minimum atomic E-state index is -0.0998. The molecule has 112 valence electrons. The van der Waals surface area contributed by atoms with Gasteiger partial charge in [0.2, 0.25) is 0 Å². The summed E-state index contributed by atoms with van der Waals surface area (Å²) in [6, 6.07) is 7.23. The molecule has 0 radical (unpaired) electrons. The molecule has 0 heterocycles. The number of carbonyl (C=O) groups is 1. The number of hydrogen-bond acceptors (Lipinski definition) is 3. The molecule has 2 N–H and O–H groups in total. The predicted molar refractivity (Wildman–Crippen MR) is 83.2 cm³/mol. The standard InChI is InChI=1S/C17H27NO2/c1-12(2)20-15-8-6-7-13(9-15)16(19)10-14(18)11-17(3,4)5/h6-9,12,14H,10-11,18H2,1-5H3. The van der Waals surface area contributed by atoms with Crippen molar-refractivity contribution in [3.05, 3.63) is 29.8 Å². The van der Waals surface area contributed by atoms with Gasteiger partial charge in [-0.2, -0.15) is 0 Å². The minimum Gasteiger partial charge on any atom is -0.491 e. The van der Waals surface area contributed by atoms with E-state index < -0.39 is 0 Å². The van der Waals surface area contributed by atoms with E-state index in [1.54, 1.807) is 6.07 Å². The van der Waals surface area contributed by atoms with Crippen LogP contribution in [0, 0.1) is 5.41 Å². The molecule has 3 heteroatoms. The Kier molecular flexibility index (Phi) is 5.75. The molecule has 0 aromatic heterocycles. The Hall–Kier alpha value is -1.35. The molecule has 0 amide bonds. The van der Waals surface area contributed by atoms with Crippen LogP contribution >= 0.6 is 0 Å². The summed E-state index contributed by atoms with van der Waals surface area (Å²) in [5.74, 6) is 0.811. The smallest absolute Gasteiger partial charge is 0.164 e. The van der Waals surface area contributed by atoms with Gasteiger partial charge in [0.15, 0.2) is 5.78 Å². The van der Waals surface area contributed by atoms with E-state index in [-0.39, 0.29) is 23.3 Å². The van der Waals surface area contributed by atoms with Gasteiger partial charge in [-0.05, 0) is 37.8 Å². The highest BCUT2D eigenvalue weighted by Gasteiger charge is 2.19. The zero-order valence-corrected chi connectivity index (χ0v) is 13.3. The van der Waals surface area contributed by atoms with Crippen LogP contribution in [0.4, 0.5) is 0 Å². The van der Waals surface area contributed by atoms with Crippen LogP contribution in [0.25, 0.3) is 0 Å². The SMILES string of the molecule is CC(C)Oc1cccc(C(=O)CC(N)CC(C)(C)C)c1. The Bertz CT molecular complexity index is 447. The average molecular weight is 277 g/mol. The van der Waals surface area contributed by atoms with E-state index in [9.17, 15) is 4.79 Å². The van der Waals surface area contributed by atoms with E-state index in [1.807, 2.05) is 32.0 Å². The lowest BCUT2D eigenvalue weighted by molar-refractivity contribution is 0.0967. The first-order chi connectivity index (χ1) is 9.17. The van der Waals surface area contributed by atoms with E-state index in [1.165, 1.54) is 0 Å². The van der Waals surface area contributed by atoms with Gasteiger partial charge in [-0.25, -0.2) is 0 Å². The third-order valence-corrected chi connectivity index (χ3v) is 2.85. The number of rotatable bonds is 6. The van der Waals surface area contributed by atoms with Gasteiger partial charge in [-0.15, -0.1) is 0 Å². The van der Waals surface area contributed by atoms with Crippen LogP contribution in [0.15, 0.2) is 24.3 Å². The number of nitrogens with two attached hydrogens (primary N) is 1. The van der Waals surface area contributed by atoms with E-state index >= 15 is 0 Å². The van der Waals surface area contributed by atoms with Gasteiger partial charge in [-0.3, -0.25) is 4.79 Å². The van der Waals surface area contributed by atoms with Crippen molar-refractivity contribution in [2.24, 2.45) is 11.1 Å². The summed E-state index contributed by atoms with van der Waals surface area (Å²) in [7, 11) is 0. The van der Waals surface area contributed by atoms with Crippen molar-refractivity contribution in [2.75, 3.05) is 0 Å². The maximum absolute atomic E-state index is 12.2. The lowest BCUT2D eigenvalue weighted by Gasteiger charge is -2.22. The fourth-order valence-corrected chi connectivity index (χ4v) is 2.23. The number of Topliss-reactive ketones (excluding diaryl/α,β-unsaturated/α-hetero) is 1. The Labute approximate surface area is 122 Å². The third kappa shape index (κ3) is 6.20. The van der Waals surface area contributed by atoms with Crippen LogP contribution < -0.4 is 10.5 Å². The summed E-state index contributed by atoms with van der Waals surface area (Å²) in [6.07, 6.45) is 1.31. The van der Waals surface area contributed by atoms with Crippen LogP contribution in [0.1, 0.15) is 57.8 Å². The van der Waals surface area contributed by atoms with Gasteiger partial charge >= 0.3 is 0 Å². The second kappa shape index (κ2) is 6.89. The lowest BCUT2D eigenvalue weighted by Crippen LogP contribution is -2.29. The molecule has 1 aromatic carbocycles. The number of ether oxygens (including phenoxy) is 1. The second-order valence-electron chi connectivity index (χ2n) is 6.85. The number of benzene rings is 1. The molecular formula is C17H27NO2. The van der Waals surface area contributed by atoms with Crippen molar-refractivity contribution in [1.82, 2.24) is 0 Å². The van der Waals surface area contributed by atoms with Gasteiger partial charge < -0.3 is 10.5 Å². The first-order valence-corrected chi connectivity index (χ1v) is 7.23. The highest BCUT2D eigenvalue weighted by molar-refractivity contribution is 5.96. The van der Waals surface area contributed by atoms with E-state index in [0.717, 1.165) is 12.2 Å². The highest BCUT2D eigenvalue weighted by atomic mass is 16.5. The molecule has 0 fully saturated rings. The lowest BCUT2D eigenvalue weighted by atomic mass is 9.86. The molecule has 1 unspecified atom stereocenters. The zero-order chi connectivity index (χ0) is 15.3. The van der Waals surface area contributed by atoms with Gasteiger partial charge in [0, 0.05) is 18.0 Å². The minimum absolute atomic E-state index is 0.0796. The molecule has 1 rings (SSSR count). The van der Waals surface area contributed by atoms with Crippen LogP contribution in [-0.4, -0.2) is 17.9 Å². The third-order valence-electron chi connectivity index (χ3n) is 2.85. The first-order valence-electron chi connectivity index (χ1n) is 7.23. The first kappa shape index (κ1) is 16.7. The Morgan fingerprint density at radius 3 is 2.50 bits per heavy atom. The monoisotopic (exact) mass is 277 g/mol. The van der Waals surface area contributed by atoms with Crippen LogP contribution in [0.5, 0.6) is 5.75 Å². The Morgan fingerprint density at radius 1 is 1.30 bits per heavy atom. The summed E-state index contributed by atoms with van der Waals surface area (Å²) in [4.78, 5) is 12.2. The molecule has 1 atom stereocenters. The van der Waals surface area contributed by atoms with E-state index in [4.69, 9.17) is 10.5 Å². The fraction of sp³-hybridized carbons (Fsp3) is 0.588. The van der Waals surface area contributed by atoms with Gasteiger partial charge in [0.1, 0.15) is 5.75 Å². The number of ketones is 1. The normalized spacial score (nSPS) is 13.3.